The number of aromatic amines is 1. The molecule has 102 valence electrons. The van der Waals surface area contributed by atoms with E-state index in [1.807, 2.05) is 0 Å². The van der Waals surface area contributed by atoms with Crippen LogP contribution in [-0.2, 0) is 6.18 Å². The highest BCUT2D eigenvalue weighted by Crippen LogP contribution is 2.28. The molecule has 0 radical (unpaired) electrons. The molecule has 19 heavy (non-hydrogen) atoms. The predicted octanol–water partition coefficient (Wildman–Crippen LogP) is 1.83. The first-order valence-electron chi connectivity index (χ1n) is 4.98. The van der Waals surface area contributed by atoms with Gasteiger partial charge in [-0.15, -0.1) is 10.2 Å². The van der Waals surface area contributed by atoms with Crippen LogP contribution in [0.1, 0.15) is 24.6 Å². The lowest BCUT2D eigenvalue weighted by atomic mass is 10.3. The Labute approximate surface area is 109 Å². The van der Waals surface area contributed by atoms with Crippen molar-refractivity contribution in [3.8, 4) is 0 Å². The van der Waals surface area contributed by atoms with Gasteiger partial charge in [0, 0.05) is 6.07 Å². The van der Waals surface area contributed by atoms with Crippen LogP contribution in [0.25, 0.3) is 0 Å². The Morgan fingerprint density at radius 3 is 2.68 bits per heavy atom. The van der Waals surface area contributed by atoms with E-state index in [-0.39, 0.29) is 16.8 Å². The Balaban J connectivity index is 2.23. The fourth-order valence-electron chi connectivity index (χ4n) is 1.26. The summed E-state index contributed by atoms with van der Waals surface area (Å²) in [5.74, 6) is -1.12. The molecule has 7 nitrogen and oxygen atoms in total. The number of hydrogen-bond donors (Lipinski definition) is 2. The smallest absolute Gasteiger partial charge is 0.360 e. The van der Waals surface area contributed by atoms with Crippen LogP contribution in [-0.4, -0.2) is 30.6 Å². The SMILES string of the molecule is CC(Nc1cc(Cl)nc(C(F)(F)F)n1)c1nn[nH]n1. The second-order valence-electron chi connectivity index (χ2n) is 3.53. The molecule has 11 heteroatoms. The van der Waals surface area contributed by atoms with Gasteiger partial charge in [-0.05, 0) is 6.92 Å². The van der Waals surface area contributed by atoms with Gasteiger partial charge in [-0.25, -0.2) is 9.97 Å². The van der Waals surface area contributed by atoms with E-state index in [1.54, 1.807) is 6.92 Å². The van der Waals surface area contributed by atoms with Crippen molar-refractivity contribution in [2.24, 2.45) is 0 Å². The van der Waals surface area contributed by atoms with E-state index in [2.05, 4.69) is 35.9 Å². The van der Waals surface area contributed by atoms with Crippen molar-refractivity contribution >= 4 is 17.4 Å². The fraction of sp³-hybridized carbons (Fsp3) is 0.375. The minimum atomic E-state index is -4.67. The second kappa shape index (κ2) is 4.96. The van der Waals surface area contributed by atoms with Crippen LogP contribution in [0.4, 0.5) is 19.0 Å². The van der Waals surface area contributed by atoms with E-state index >= 15 is 0 Å². The number of anilines is 1. The summed E-state index contributed by atoms with van der Waals surface area (Å²) in [6.45, 7) is 1.63. The summed E-state index contributed by atoms with van der Waals surface area (Å²) in [4.78, 5) is 6.45. The highest BCUT2D eigenvalue weighted by Gasteiger charge is 2.35. The van der Waals surface area contributed by atoms with E-state index in [0.717, 1.165) is 0 Å². The standard InChI is InChI=1S/C8H7ClF3N7/c1-3(6-16-18-19-17-6)13-5-2-4(9)14-7(15-5)8(10,11)12/h2-3H,1H3,(H,13,14,15)(H,16,17,18,19). The van der Waals surface area contributed by atoms with E-state index in [4.69, 9.17) is 11.6 Å². The molecule has 0 fully saturated rings. The molecule has 2 aromatic rings. The van der Waals surface area contributed by atoms with Gasteiger partial charge in [-0.3, -0.25) is 0 Å². The molecule has 0 aliphatic heterocycles. The minimum Gasteiger partial charge on any atom is -0.360 e. The molecule has 1 atom stereocenters. The van der Waals surface area contributed by atoms with Crippen LogP contribution in [0.2, 0.25) is 5.15 Å². The number of nitrogens with zero attached hydrogens (tertiary/aromatic N) is 5. The third-order valence-electron chi connectivity index (χ3n) is 2.06. The van der Waals surface area contributed by atoms with Crippen molar-refractivity contribution in [2.75, 3.05) is 5.32 Å². The average Bonchev–Trinajstić information content (AvgIpc) is 2.80. The number of alkyl halides is 3. The summed E-state index contributed by atoms with van der Waals surface area (Å²) in [6, 6.07) is 0.679. The van der Waals surface area contributed by atoms with Gasteiger partial charge in [-0.2, -0.15) is 18.4 Å². The summed E-state index contributed by atoms with van der Waals surface area (Å²) in [5.41, 5.74) is 0. The van der Waals surface area contributed by atoms with Crippen LogP contribution in [0, 0.1) is 0 Å². The van der Waals surface area contributed by atoms with Gasteiger partial charge in [0.05, 0.1) is 6.04 Å². The summed E-state index contributed by atoms with van der Waals surface area (Å²) in [7, 11) is 0. The Bertz CT molecular complexity index is 556. The van der Waals surface area contributed by atoms with Gasteiger partial charge in [0.2, 0.25) is 5.82 Å². The molecule has 0 saturated carbocycles. The predicted molar refractivity (Wildman–Crippen MR) is 58.3 cm³/mol. The summed E-state index contributed by atoms with van der Waals surface area (Å²) in [5, 5.41) is 15.3. The van der Waals surface area contributed by atoms with Crippen molar-refractivity contribution in [3.05, 3.63) is 22.9 Å². The van der Waals surface area contributed by atoms with E-state index < -0.39 is 18.0 Å². The minimum absolute atomic E-state index is 0.0791. The number of halogens is 4. The molecule has 0 aliphatic rings. The first-order valence-corrected chi connectivity index (χ1v) is 5.35. The van der Waals surface area contributed by atoms with Gasteiger partial charge in [0.1, 0.15) is 11.0 Å². The molecule has 0 bridgehead atoms. The molecule has 2 aromatic heterocycles. The summed E-state index contributed by atoms with van der Waals surface area (Å²) >= 11 is 5.52. The van der Waals surface area contributed by atoms with Crippen molar-refractivity contribution < 1.29 is 13.2 Å². The Morgan fingerprint density at radius 2 is 2.11 bits per heavy atom. The second-order valence-corrected chi connectivity index (χ2v) is 3.92. The molecule has 0 saturated heterocycles. The number of hydrogen-bond acceptors (Lipinski definition) is 6. The van der Waals surface area contributed by atoms with Crippen LogP contribution in [0.3, 0.4) is 0 Å². The lowest BCUT2D eigenvalue weighted by Gasteiger charge is -2.12. The first-order chi connectivity index (χ1) is 8.86. The fourth-order valence-corrected chi connectivity index (χ4v) is 1.44. The molecule has 0 amide bonds. The quantitative estimate of drug-likeness (QED) is 0.839. The summed E-state index contributed by atoms with van der Waals surface area (Å²) in [6.07, 6.45) is -4.67. The molecular weight excluding hydrogens is 287 g/mol. The van der Waals surface area contributed by atoms with Gasteiger partial charge in [0.15, 0.2) is 5.82 Å². The van der Waals surface area contributed by atoms with Crippen molar-refractivity contribution in [3.63, 3.8) is 0 Å². The van der Waals surface area contributed by atoms with Crippen LogP contribution >= 0.6 is 11.6 Å². The number of rotatable bonds is 3. The van der Waals surface area contributed by atoms with E-state index in [9.17, 15) is 13.2 Å². The van der Waals surface area contributed by atoms with Crippen LogP contribution in [0.5, 0.6) is 0 Å². The topological polar surface area (TPSA) is 92.3 Å². The Hall–Kier alpha value is -1.97. The van der Waals surface area contributed by atoms with Gasteiger partial charge in [0.25, 0.3) is 0 Å². The average molecular weight is 294 g/mol. The zero-order chi connectivity index (χ0) is 14.0. The maximum Gasteiger partial charge on any atom is 0.451 e. The number of nitrogens with one attached hydrogen (secondary N) is 2. The molecule has 0 aliphatic carbocycles. The molecule has 2 N–H and O–H groups in total. The lowest BCUT2D eigenvalue weighted by molar-refractivity contribution is -0.144. The van der Waals surface area contributed by atoms with Crippen LogP contribution in [0.15, 0.2) is 6.07 Å². The third kappa shape index (κ3) is 3.28. The van der Waals surface area contributed by atoms with Crippen molar-refractivity contribution in [2.45, 2.75) is 19.1 Å². The van der Waals surface area contributed by atoms with Gasteiger partial charge in [-0.1, -0.05) is 16.8 Å². The Morgan fingerprint density at radius 1 is 1.37 bits per heavy atom. The zero-order valence-electron chi connectivity index (χ0n) is 9.40. The Kier molecular flexibility index (Phi) is 3.51. The molecule has 1 unspecified atom stereocenters. The number of aromatic nitrogens is 6. The van der Waals surface area contributed by atoms with Gasteiger partial charge < -0.3 is 5.32 Å². The third-order valence-corrected chi connectivity index (χ3v) is 2.26. The van der Waals surface area contributed by atoms with E-state index in [1.165, 1.54) is 6.07 Å². The van der Waals surface area contributed by atoms with Crippen molar-refractivity contribution in [1.82, 2.24) is 30.6 Å². The first kappa shape index (κ1) is 13.5. The maximum absolute atomic E-state index is 12.5. The highest BCUT2D eigenvalue weighted by atomic mass is 35.5. The zero-order valence-corrected chi connectivity index (χ0v) is 10.2. The largest absolute Gasteiger partial charge is 0.451 e. The van der Waals surface area contributed by atoms with Gasteiger partial charge >= 0.3 is 6.18 Å². The number of tetrazole rings is 1. The lowest BCUT2D eigenvalue weighted by Crippen LogP contribution is -2.15. The molecule has 0 spiro atoms. The molecule has 2 rings (SSSR count). The highest BCUT2D eigenvalue weighted by molar-refractivity contribution is 6.29. The molecule has 2 heterocycles. The maximum atomic E-state index is 12.5. The van der Waals surface area contributed by atoms with Crippen molar-refractivity contribution in [1.29, 1.82) is 0 Å². The van der Waals surface area contributed by atoms with E-state index in [0.29, 0.717) is 0 Å². The summed E-state index contributed by atoms with van der Waals surface area (Å²) < 4.78 is 37.5. The number of H-pyrrole nitrogens is 1. The van der Waals surface area contributed by atoms with Crippen LogP contribution < -0.4 is 5.32 Å². The molecule has 0 aromatic carbocycles. The molecular formula is C8H7ClF3N7. The normalized spacial score (nSPS) is 13.3. The monoisotopic (exact) mass is 293 g/mol.